The van der Waals surface area contributed by atoms with Crippen molar-refractivity contribution in [1.29, 1.82) is 0 Å². The van der Waals surface area contributed by atoms with Gasteiger partial charge in [-0.2, -0.15) is 0 Å². The topological polar surface area (TPSA) is 37.8 Å². The molecular weight excluding hydrogens is 278 g/mol. The predicted molar refractivity (Wildman–Crippen MR) is 82.2 cm³/mol. The zero-order valence-electron chi connectivity index (χ0n) is 11.5. The molecule has 2 aromatic rings. The number of hydrogen-bond acceptors (Lipinski definition) is 4. The molecule has 1 fully saturated rings. The Balaban J connectivity index is 1.92. The lowest BCUT2D eigenvalue weighted by Crippen LogP contribution is -2.18. The van der Waals surface area contributed by atoms with Crippen molar-refractivity contribution in [3.63, 3.8) is 0 Å². The second kappa shape index (κ2) is 4.60. The van der Waals surface area contributed by atoms with E-state index in [0.717, 1.165) is 16.0 Å². The molecule has 1 saturated carbocycles. The molecule has 0 radical (unpaired) electrons. The van der Waals surface area contributed by atoms with Crippen LogP contribution >= 0.6 is 22.9 Å². The highest BCUT2D eigenvalue weighted by Gasteiger charge is 2.31. The fraction of sp³-hybridized carbons (Fsp3) is 0.571. The van der Waals surface area contributed by atoms with Gasteiger partial charge >= 0.3 is 0 Å². The molecule has 0 spiro atoms. The first-order valence-corrected chi connectivity index (χ1v) is 7.83. The van der Waals surface area contributed by atoms with E-state index in [1.165, 1.54) is 24.1 Å². The van der Waals surface area contributed by atoms with Crippen molar-refractivity contribution in [2.24, 2.45) is 5.41 Å². The Morgan fingerprint density at radius 1 is 1.42 bits per heavy atom. The van der Waals surface area contributed by atoms with Crippen LogP contribution in [-0.4, -0.2) is 16.0 Å². The molecule has 0 aliphatic heterocycles. The molecule has 3 nitrogen and oxygen atoms in total. The fourth-order valence-electron chi connectivity index (χ4n) is 2.88. The molecule has 2 aromatic heterocycles. The van der Waals surface area contributed by atoms with E-state index in [0.29, 0.717) is 16.7 Å². The Bertz CT molecular complexity index is 620. The largest absolute Gasteiger partial charge is 0.367 e. The summed E-state index contributed by atoms with van der Waals surface area (Å²) in [5.41, 5.74) is 0.429. The van der Waals surface area contributed by atoms with E-state index in [-0.39, 0.29) is 0 Å². The number of anilines is 1. The number of nitrogens with zero attached hydrogens (tertiary/aromatic N) is 2. The van der Waals surface area contributed by atoms with Crippen molar-refractivity contribution in [2.75, 3.05) is 5.32 Å². The lowest BCUT2D eigenvalue weighted by atomic mass is 9.92. The van der Waals surface area contributed by atoms with Gasteiger partial charge in [0.15, 0.2) is 0 Å². The van der Waals surface area contributed by atoms with Crippen molar-refractivity contribution in [3.8, 4) is 0 Å². The van der Waals surface area contributed by atoms with Crippen LogP contribution in [0.3, 0.4) is 0 Å². The van der Waals surface area contributed by atoms with E-state index in [1.807, 2.05) is 0 Å². The molecule has 1 N–H and O–H groups in total. The normalized spacial score (nSPS) is 22.0. The minimum absolute atomic E-state index is 0.328. The van der Waals surface area contributed by atoms with Crippen molar-refractivity contribution >= 4 is 39.0 Å². The number of aryl methyl sites for hydroxylation is 1. The third kappa shape index (κ3) is 2.70. The third-order valence-corrected chi connectivity index (χ3v) is 4.91. The smallest absolute Gasteiger partial charge is 0.225 e. The molecule has 0 amide bonds. The lowest BCUT2D eigenvalue weighted by Gasteiger charge is -2.18. The summed E-state index contributed by atoms with van der Waals surface area (Å²) in [5, 5.41) is 4.99. The Hall–Kier alpha value is -0.870. The van der Waals surface area contributed by atoms with E-state index in [2.05, 4.69) is 42.1 Å². The number of fused-ring (bicyclic) bond motifs is 1. The van der Waals surface area contributed by atoms with Gasteiger partial charge in [-0.1, -0.05) is 13.8 Å². The molecule has 1 atom stereocenters. The Morgan fingerprint density at radius 2 is 2.21 bits per heavy atom. The molecule has 0 saturated heterocycles. The van der Waals surface area contributed by atoms with Gasteiger partial charge in [-0.05, 0) is 49.3 Å². The van der Waals surface area contributed by atoms with Crippen molar-refractivity contribution < 1.29 is 0 Å². The maximum absolute atomic E-state index is 6.02. The first-order chi connectivity index (χ1) is 8.93. The molecule has 2 heterocycles. The van der Waals surface area contributed by atoms with Gasteiger partial charge in [-0.25, -0.2) is 9.97 Å². The second-order valence-corrected chi connectivity index (χ2v) is 7.74. The van der Waals surface area contributed by atoms with Crippen LogP contribution in [0.5, 0.6) is 0 Å². The summed E-state index contributed by atoms with van der Waals surface area (Å²) in [6.45, 7) is 6.74. The number of rotatable bonds is 2. The molecule has 19 heavy (non-hydrogen) atoms. The van der Waals surface area contributed by atoms with Crippen LogP contribution in [0.25, 0.3) is 10.2 Å². The Morgan fingerprint density at radius 3 is 2.89 bits per heavy atom. The minimum atomic E-state index is 0.328. The molecule has 1 unspecified atom stereocenters. The number of halogens is 1. The number of nitrogens with one attached hydrogen (secondary N) is 1. The van der Waals surface area contributed by atoms with E-state index < -0.39 is 0 Å². The standard InChI is InChI=1S/C14H18ClN3S/c1-8-6-10-11(17-13(15)18-12(10)19-8)16-9-4-5-14(2,3)7-9/h6,9H,4-5,7H2,1-3H3,(H,16,17,18). The highest BCUT2D eigenvalue weighted by atomic mass is 35.5. The monoisotopic (exact) mass is 295 g/mol. The first-order valence-electron chi connectivity index (χ1n) is 6.63. The van der Waals surface area contributed by atoms with Crippen LogP contribution in [-0.2, 0) is 0 Å². The van der Waals surface area contributed by atoms with Crippen LogP contribution in [0, 0.1) is 12.3 Å². The SMILES string of the molecule is Cc1cc2c(NC3CCC(C)(C)C3)nc(Cl)nc2s1. The average Bonchev–Trinajstić information content (AvgIpc) is 2.81. The van der Waals surface area contributed by atoms with Crippen LogP contribution in [0.4, 0.5) is 5.82 Å². The summed E-state index contributed by atoms with van der Waals surface area (Å²) in [7, 11) is 0. The molecule has 1 aliphatic rings. The zero-order chi connectivity index (χ0) is 13.6. The van der Waals surface area contributed by atoms with Gasteiger partial charge in [0.05, 0.1) is 5.39 Å². The van der Waals surface area contributed by atoms with Gasteiger partial charge in [0.1, 0.15) is 10.6 Å². The molecular formula is C14H18ClN3S. The van der Waals surface area contributed by atoms with E-state index >= 15 is 0 Å². The first kappa shape index (κ1) is 13.1. The van der Waals surface area contributed by atoms with Crippen molar-refractivity contribution in [3.05, 3.63) is 16.2 Å². The van der Waals surface area contributed by atoms with Gasteiger partial charge in [0, 0.05) is 10.9 Å². The highest BCUT2D eigenvalue weighted by molar-refractivity contribution is 7.18. The molecule has 0 aromatic carbocycles. The summed E-state index contributed by atoms with van der Waals surface area (Å²) in [6, 6.07) is 2.63. The van der Waals surface area contributed by atoms with Crippen LogP contribution < -0.4 is 5.32 Å². The summed E-state index contributed by atoms with van der Waals surface area (Å²) < 4.78 is 0. The lowest BCUT2D eigenvalue weighted by molar-refractivity contribution is 0.378. The summed E-state index contributed by atoms with van der Waals surface area (Å²) in [4.78, 5) is 10.9. The van der Waals surface area contributed by atoms with Crippen LogP contribution in [0.2, 0.25) is 5.28 Å². The minimum Gasteiger partial charge on any atom is -0.367 e. The maximum atomic E-state index is 6.02. The second-order valence-electron chi connectivity index (χ2n) is 6.17. The third-order valence-electron chi connectivity index (χ3n) is 3.80. The number of aromatic nitrogens is 2. The van der Waals surface area contributed by atoms with Crippen LogP contribution in [0.1, 0.15) is 38.0 Å². The summed E-state index contributed by atoms with van der Waals surface area (Å²) in [6.07, 6.45) is 3.63. The van der Waals surface area contributed by atoms with E-state index in [1.54, 1.807) is 11.3 Å². The predicted octanol–water partition coefficient (Wildman–Crippen LogP) is 4.64. The van der Waals surface area contributed by atoms with Crippen molar-refractivity contribution in [2.45, 2.75) is 46.1 Å². The van der Waals surface area contributed by atoms with Crippen LogP contribution in [0.15, 0.2) is 6.07 Å². The van der Waals surface area contributed by atoms with Gasteiger partial charge in [0.25, 0.3) is 0 Å². The summed E-state index contributed by atoms with van der Waals surface area (Å²) >= 11 is 7.68. The van der Waals surface area contributed by atoms with E-state index in [9.17, 15) is 0 Å². The molecule has 5 heteroatoms. The molecule has 1 aliphatic carbocycles. The fourth-order valence-corrected chi connectivity index (χ4v) is 3.98. The van der Waals surface area contributed by atoms with Gasteiger partial charge in [-0.3, -0.25) is 0 Å². The van der Waals surface area contributed by atoms with Crippen molar-refractivity contribution in [1.82, 2.24) is 9.97 Å². The average molecular weight is 296 g/mol. The van der Waals surface area contributed by atoms with Gasteiger partial charge in [-0.15, -0.1) is 11.3 Å². The Labute approximate surface area is 122 Å². The zero-order valence-corrected chi connectivity index (χ0v) is 13.0. The summed E-state index contributed by atoms with van der Waals surface area (Å²) in [5.74, 6) is 0.891. The molecule has 3 rings (SSSR count). The Kier molecular flexibility index (Phi) is 3.18. The maximum Gasteiger partial charge on any atom is 0.225 e. The highest BCUT2D eigenvalue weighted by Crippen LogP contribution is 2.39. The number of thiophene rings is 1. The quantitative estimate of drug-likeness (QED) is 0.820. The number of hydrogen-bond donors (Lipinski definition) is 1. The molecule has 0 bridgehead atoms. The van der Waals surface area contributed by atoms with E-state index in [4.69, 9.17) is 11.6 Å². The van der Waals surface area contributed by atoms with Gasteiger partial charge in [0.2, 0.25) is 5.28 Å². The van der Waals surface area contributed by atoms with Gasteiger partial charge < -0.3 is 5.32 Å². The molecule has 102 valence electrons.